The van der Waals surface area contributed by atoms with Gasteiger partial charge >= 0.3 is 0 Å². The van der Waals surface area contributed by atoms with Gasteiger partial charge in [-0.1, -0.05) is 43.5 Å². The summed E-state index contributed by atoms with van der Waals surface area (Å²) in [7, 11) is -2.28. The lowest BCUT2D eigenvalue weighted by atomic mass is 9.95. The van der Waals surface area contributed by atoms with E-state index in [1.165, 1.54) is 6.42 Å². The Morgan fingerprint density at radius 3 is 2.42 bits per heavy atom. The maximum absolute atomic E-state index is 13.1. The maximum Gasteiger partial charge on any atom is 0.261 e. The van der Waals surface area contributed by atoms with Crippen molar-refractivity contribution >= 4 is 32.4 Å². The summed E-state index contributed by atoms with van der Waals surface area (Å²) in [6.45, 7) is 0. The average Bonchev–Trinajstić information content (AvgIpc) is 2.79. The van der Waals surface area contributed by atoms with Crippen LogP contribution in [0.25, 0.3) is 10.8 Å². The number of carbonyl (C=O) groups excluding carboxylic acids is 1. The van der Waals surface area contributed by atoms with Crippen molar-refractivity contribution in [2.45, 2.75) is 43.0 Å². The Morgan fingerprint density at radius 2 is 1.65 bits per heavy atom. The maximum atomic E-state index is 13.1. The second-order valence-electron chi connectivity index (χ2n) is 7.83. The van der Waals surface area contributed by atoms with Crippen molar-refractivity contribution < 1.29 is 17.9 Å². The minimum atomic E-state index is -3.87. The van der Waals surface area contributed by atoms with E-state index in [1.807, 2.05) is 12.1 Å². The molecule has 1 fully saturated rings. The molecule has 0 heterocycles. The van der Waals surface area contributed by atoms with E-state index in [4.69, 9.17) is 4.74 Å². The predicted octanol–water partition coefficient (Wildman–Crippen LogP) is 4.71. The van der Waals surface area contributed by atoms with Gasteiger partial charge in [-0.15, -0.1) is 0 Å². The van der Waals surface area contributed by atoms with Crippen molar-refractivity contribution in [3.8, 4) is 5.75 Å². The number of ether oxygens (including phenoxy) is 1. The molecule has 1 aliphatic rings. The second kappa shape index (κ2) is 8.98. The van der Waals surface area contributed by atoms with Crippen molar-refractivity contribution in [3.63, 3.8) is 0 Å². The van der Waals surface area contributed by atoms with Crippen LogP contribution >= 0.6 is 0 Å². The van der Waals surface area contributed by atoms with Gasteiger partial charge in [0.2, 0.25) is 0 Å². The highest BCUT2D eigenvalue weighted by Gasteiger charge is 2.21. The van der Waals surface area contributed by atoms with Gasteiger partial charge in [0.15, 0.2) is 0 Å². The summed E-state index contributed by atoms with van der Waals surface area (Å²) in [4.78, 5) is 13.0. The fraction of sp³-hybridized carbons (Fsp3) is 0.292. The second-order valence-corrected chi connectivity index (χ2v) is 9.52. The molecule has 0 spiro atoms. The van der Waals surface area contributed by atoms with Crippen LogP contribution in [0.4, 0.5) is 5.69 Å². The first-order valence-corrected chi connectivity index (χ1v) is 11.9. The molecule has 1 amide bonds. The minimum Gasteiger partial charge on any atom is -0.497 e. The van der Waals surface area contributed by atoms with Crippen LogP contribution in [0.2, 0.25) is 0 Å². The fourth-order valence-corrected chi connectivity index (χ4v) is 5.09. The van der Waals surface area contributed by atoms with Crippen molar-refractivity contribution in [2.24, 2.45) is 0 Å². The molecule has 0 atom stereocenters. The number of methoxy groups -OCH3 is 1. The molecule has 0 saturated heterocycles. The largest absolute Gasteiger partial charge is 0.497 e. The van der Waals surface area contributed by atoms with Gasteiger partial charge in [-0.3, -0.25) is 9.52 Å². The van der Waals surface area contributed by atoms with E-state index in [0.717, 1.165) is 36.5 Å². The van der Waals surface area contributed by atoms with Crippen LogP contribution in [0, 0.1) is 0 Å². The van der Waals surface area contributed by atoms with E-state index in [0.29, 0.717) is 11.3 Å². The summed E-state index contributed by atoms with van der Waals surface area (Å²) in [6.07, 6.45) is 5.32. The average molecular weight is 439 g/mol. The number of sulfonamides is 1. The number of benzene rings is 3. The number of amides is 1. The van der Waals surface area contributed by atoms with Crippen LogP contribution < -0.4 is 14.8 Å². The van der Waals surface area contributed by atoms with Crippen molar-refractivity contribution in [2.75, 3.05) is 11.8 Å². The van der Waals surface area contributed by atoms with Crippen molar-refractivity contribution in [1.82, 2.24) is 5.32 Å². The molecule has 4 rings (SSSR count). The molecule has 1 saturated carbocycles. The summed E-state index contributed by atoms with van der Waals surface area (Å²) < 4.78 is 33.9. The van der Waals surface area contributed by atoms with Gasteiger partial charge in [0, 0.05) is 6.04 Å². The highest BCUT2D eigenvalue weighted by molar-refractivity contribution is 7.92. The molecule has 0 unspecified atom stereocenters. The molecular formula is C24H26N2O4S. The van der Waals surface area contributed by atoms with Gasteiger partial charge in [0.05, 0.1) is 23.3 Å². The third kappa shape index (κ3) is 4.82. The third-order valence-electron chi connectivity index (χ3n) is 5.69. The van der Waals surface area contributed by atoms with Crippen LogP contribution in [0.15, 0.2) is 65.6 Å². The Hall–Kier alpha value is -3.06. The number of anilines is 1. The van der Waals surface area contributed by atoms with Crippen LogP contribution in [-0.4, -0.2) is 27.5 Å². The summed E-state index contributed by atoms with van der Waals surface area (Å²) in [5.74, 6) is 0.454. The van der Waals surface area contributed by atoms with E-state index < -0.39 is 10.0 Å². The number of carbonyl (C=O) groups is 1. The quantitative estimate of drug-likeness (QED) is 0.584. The minimum absolute atomic E-state index is 0.132. The SMILES string of the molecule is COc1ccc2cc(S(=O)(=O)Nc3ccccc3C(=O)NC3CCCCC3)ccc2c1. The van der Waals surface area contributed by atoms with Gasteiger partial charge in [0.25, 0.3) is 15.9 Å². The zero-order valence-corrected chi connectivity index (χ0v) is 18.2. The number of hydrogen-bond donors (Lipinski definition) is 2. The molecule has 1 aliphatic carbocycles. The lowest BCUT2D eigenvalue weighted by Crippen LogP contribution is -2.36. The third-order valence-corrected chi connectivity index (χ3v) is 7.05. The molecule has 0 bridgehead atoms. The summed E-state index contributed by atoms with van der Waals surface area (Å²) in [6, 6.07) is 17.2. The standard InChI is InChI=1S/C24H26N2O4S/c1-30-20-13-11-18-16-21(14-12-17(18)15-20)31(28,29)26-23-10-6-5-9-22(23)24(27)25-19-7-3-2-4-8-19/h5-6,9-16,19,26H,2-4,7-8H2,1H3,(H,25,27). The van der Waals surface area contributed by atoms with Gasteiger partial charge < -0.3 is 10.1 Å². The van der Waals surface area contributed by atoms with Crippen LogP contribution in [0.3, 0.4) is 0 Å². The smallest absolute Gasteiger partial charge is 0.261 e. The van der Waals surface area contributed by atoms with E-state index in [-0.39, 0.29) is 22.5 Å². The molecule has 3 aromatic carbocycles. The van der Waals surface area contributed by atoms with Gasteiger partial charge in [-0.2, -0.15) is 0 Å². The Bertz CT molecular complexity index is 1200. The van der Waals surface area contributed by atoms with Crippen LogP contribution in [0.1, 0.15) is 42.5 Å². The molecule has 31 heavy (non-hydrogen) atoms. The molecular weight excluding hydrogens is 412 g/mol. The Balaban J connectivity index is 1.58. The van der Waals surface area contributed by atoms with E-state index >= 15 is 0 Å². The molecule has 2 N–H and O–H groups in total. The predicted molar refractivity (Wildman–Crippen MR) is 122 cm³/mol. The summed E-state index contributed by atoms with van der Waals surface area (Å²) >= 11 is 0. The number of hydrogen-bond acceptors (Lipinski definition) is 4. The fourth-order valence-electron chi connectivity index (χ4n) is 3.98. The van der Waals surface area contributed by atoms with Gasteiger partial charge in [-0.05, 0) is 60.0 Å². The normalized spacial score (nSPS) is 14.9. The van der Waals surface area contributed by atoms with Crippen molar-refractivity contribution in [1.29, 1.82) is 0 Å². The first kappa shape index (κ1) is 21.2. The zero-order valence-electron chi connectivity index (χ0n) is 17.4. The van der Waals surface area contributed by atoms with E-state index in [1.54, 1.807) is 55.6 Å². The lowest BCUT2D eigenvalue weighted by molar-refractivity contribution is 0.0928. The van der Waals surface area contributed by atoms with E-state index in [9.17, 15) is 13.2 Å². The zero-order chi connectivity index (χ0) is 21.8. The highest BCUT2D eigenvalue weighted by Crippen LogP contribution is 2.26. The van der Waals surface area contributed by atoms with Crippen LogP contribution in [-0.2, 0) is 10.0 Å². The molecule has 0 radical (unpaired) electrons. The highest BCUT2D eigenvalue weighted by atomic mass is 32.2. The number of nitrogens with one attached hydrogen (secondary N) is 2. The molecule has 6 nitrogen and oxygen atoms in total. The molecule has 7 heteroatoms. The molecule has 0 aliphatic heterocycles. The Morgan fingerprint density at radius 1 is 0.935 bits per heavy atom. The Labute approximate surface area is 182 Å². The van der Waals surface area contributed by atoms with Gasteiger partial charge in [-0.25, -0.2) is 8.42 Å². The summed E-state index contributed by atoms with van der Waals surface area (Å²) in [5, 5.41) is 4.71. The number of fused-ring (bicyclic) bond motifs is 1. The van der Waals surface area contributed by atoms with Crippen LogP contribution in [0.5, 0.6) is 5.75 Å². The topological polar surface area (TPSA) is 84.5 Å². The summed E-state index contributed by atoms with van der Waals surface area (Å²) in [5.41, 5.74) is 0.591. The number of rotatable bonds is 6. The number of para-hydroxylation sites is 1. The molecule has 162 valence electrons. The van der Waals surface area contributed by atoms with E-state index in [2.05, 4.69) is 10.0 Å². The van der Waals surface area contributed by atoms with Crippen molar-refractivity contribution in [3.05, 3.63) is 66.2 Å². The monoisotopic (exact) mass is 438 g/mol. The van der Waals surface area contributed by atoms with Gasteiger partial charge in [0.1, 0.15) is 5.75 Å². The molecule has 0 aromatic heterocycles. The lowest BCUT2D eigenvalue weighted by Gasteiger charge is -2.23. The molecule has 3 aromatic rings. The first-order chi connectivity index (χ1) is 15.0. The Kier molecular flexibility index (Phi) is 6.13. The first-order valence-electron chi connectivity index (χ1n) is 10.5.